The number of amides is 1. The van der Waals surface area contributed by atoms with E-state index in [0.29, 0.717) is 11.3 Å². The molecule has 0 spiro atoms. The topological polar surface area (TPSA) is 62.5 Å². The maximum Gasteiger partial charge on any atom is 0.251 e. The van der Waals surface area contributed by atoms with Crippen LogP contribution in [0.4, 0.5) is 4.39 Å². The minimum atomic E-state index is -1.29. The van der Waals surface area contributed by atoms with E-state index in [1.165, 1.54) is 37.5 Å². The van der Waals surface area contributed by atoms with Gasteiger partial charge in [0.2, 0.25) is 0 Å². The minimum Gasteiger partial charge on any atom is -0.466 e. The zero-order valence-electron chi connectivity index (χ0n) is 10.4. The van der Waals surface area contributed by atoms with Crippen LogP contribution < -0.4 is 5.32 Å². The molecule has 1 amide bonds. The maximum atomic E-state index is 12.7. The van der Waals surface area contributed by atoms with Crippen LogP contribution in [0.1, 0.15) is 23.0 Å². The number of furan rings is 1. The Hall–Kier alpha value is -2.14. The molecule has 1 unspecified atom stereocenters. The molecule has 0 fully saturated rings. The molecule has 0 saturated heterocycles. The van der Waals surface area contributed by atoms with Gasteiger partial charge < -0.3 is 14.8 Å². The highest BCUT2D eigenvalue weighted by molar-refractivity contribution is 5.94. The summed E-state index contributed by atoms with van der Waals surface area (Å²) >= 11 is 0. The molecule has 2 aromatic rings. The molecule has 4 nitrogen and oxygen atoms in total. The van der Waals surface area contributed by atoms with Gasteiger partial charge in [-0.3, -0.25) is 4.79 Å². The van der Waals surface area contributed by atoms with E-state index >= 15 is 0 Å². The summed E-state index contributed by atoms with van der Waals surface area (Å²) in [5, 5.41) is 12.7. The van der Waals surface area contributed by atoms with E-state index in [-0.39, 0.29) is 12.5 Å². The molecule has 0 radical (unpaired) electrons. The smallest absolute Gasteiger partial charge is 0.251 e. The third-order valence-electron chi connectivity index (χ3n) is 2.75. The Balaban J connectivity index is 1.99. The molecule has 0 aliphatic rings. The number of carbonyl (C=O) groups excluding carboxylic acids is 1. The second kappa shape index (κ2) is 5.24. The van der Waals surface area contributed by atoms with Crippen LogP contribution >= 0.6 is 0 Å². The molecular formula is C14H14FNO3. The Morgan fingerprint density at radius 1 is 1.37 bits per heavy atom. The highest BCUT2D eigenvalue weighted by atomic mass is 19.1. The fourth-order valence-electron chi connectivity index (χ4n) is 1.63. The third kappa shape index (κ3) is 3.20. The Morgan fingerprint density at radius 2 is 2.05 bits per heavy atom. The number of nitrogens with one attached hydrogen (secondary N) is 1. The van der Waals surface area contributed by atoms with E-state index in [0.717, 1.165) is 0 Å². The van der Waals surface area contributed by atoms with Crippen molar-refractivity contribution in [1.29, 1.82) is 0 Å². The number of halogens is 1. The molecule has 100 valence electrons. The van der Waals surface area contributed by atoms with E-state index < -0.39 is 11.4 Å². The SMILES string of the molecule is CC(O)(CNC(=O)c1ccc(F)cc1)c1ccco1. The van der Waals surface area contributed by atoms with Crippen molar-refractivity contribution in [3.63, 3.8) is 0 Å². The Kier molecular flexibility index (Phi) is 3.66. The standard InChI is InChI=1S/C14H14FNO3/c1-14(18,12-3-2-8-19-12)9-16-13(17)10-4-6-11(15)7-5-10/h2-8,18H,9H2,1H3,(H,16,17). The van der Waals surface area contributed by atoms with Crippen LogP contribution in [-0.4, -0.2) is 17.6 Å². The molecule has 0 saturated carbocycles. The van der Waals surface area contributed by atoms with Crippen molar-refractivity contribution in [3.05, 3.63) is 59.8 Å². The van der Waals surface area contributed by atoms with E-state index in [2.05, 4.69) is 5.32 Å². The number of rotatable bonds is 4. The van der Waals surface area contributed by atoms with Gasteiger partial charge in [-0.25, -0.2) is 4.39 Å². The minimum absolute atomic E-state index is 0.00325. The molecule has 1 atom stereocenters. The molecule has 0 aliphatic carbocycles. The quantitative estimate of drug-likeness (QED) is 0.887. The molecule has 0 aliphatic heterocycles. The lowest BCUT2D eigenvalue weighted by Gasteiger charge is -2.21. The maximum absolute atomic E-state index is 12.7. The highest BCUT2D eigenvalue weighted by Gasteiger charge is 2.26. The first-order chi connectivity index (χ1) is 8.99. The number of hydrogen-bond acceptors (Lipinski definition) is 3. The van der Waals surface area contributed by atoms with E-state index in [1.54, 1.807) is 12.1 Å². The predicted octanol–water partition coefficient (Wildman–Crippen LogP) is 2.06. The fraction of sp³-hybridized carbons (Fsp3) is 0.214. The van der Waals surface area contributed by atoms with Crippen molar-refractivity contribution in [2.24, 2.45) is 0 Å². The van der Waals surface area contributed by atoms with Crippen molar-refractivity contribution < 1.29 is 18.7 Å². The predicted molar refractivity (Wildman–Crippen MR) is 67.0 cm³/mol. The van der Waals surface area contributed by atoms with Gasteiger partial charge in [0.25, 0.3) is 5.91 Å². The van der Waals surface area contributed by atoms with Gasteiger partial charge in [0.15, 0.2) is 0 Å². The summed E-state index contributed by atoms with van der Waals surface area (Å²) in [6.45, 7) is 1.54. The largest absolute Gasteiger partial charge is 0.466 e. The van der Waals surface area contributed by atoms with Gasteiger partial charge in [0.1, 0.15) is 17.2 Å². The summed E-state index contributed by atoms with van der Waals surface area (Å²) in [5.74, 6) is -0.419. The molecule has 1 aromatic carbocycles. The summed E-state index contributed by atoms with van der Waals surface area (Å²) in [5.41, 5.74) is -0.962. The van der Waals surface area contributed by atoms with E-state index in [9.17, 15) is 14.3 Å². The van der Waals surface area contributed by atoms with Gasteiger partial charge in [-0.2, -0.15) is 0 Å². The van der Waals surface area contributed by atoms with Crippen molar-refractivity contribution >= 4 is 5.91 Å². The van der Waals surface area contributed by atoms with Crippen LogP contribution in [0, 0.1) is 5.82 Å². The Labute approximate surface area is 109 Å². The van der Waals surface area contributed by atoms with Gasteiger partial charge in [0.05, 0.1) is 12.8 Å². The van der Waals surface area contributed by atoms with E-state index in [4.69, 9.17) is 4.42 Å². The number of carbonyl (C=O) groups is 1. The lowest BCUT2D eigenvalue weighted by molar-refractivity contribution is 0.0330. The van der Waals surface area contributed by atoms with Crippen LogP contribution in [0.5, 0.6) is 0 Å². The number of aliphatic hydroxyl groups is 1. The van der Waals surface area contributed by atoms with Crippen LogP contribution in [0.2, 0.25) is 0 Å². The van der Waals surface area contributed by atoms with E-state index in [1.807, 2.05) is 0 Å². The molecule has 2 rings (SSSR count). The molecule has 2 N–H and O–H groups in total. The lowest BCUT2D eigenvalue weighted by atomic mass is 10.0. The average molecular weight is 263 g/mol. The normalized spacial score (nSPS) is 13.8. The van der Waals surface area contributed by atoms with Gasteiger partial charge in [-0.1, -0.05) is 0 Å². The summed E-state index contributed by atoms with van der Waals surface area (Å²) in [7, 11) is 0. The number of hydrogen-bond donors (Lipinski definition) is 2. The van der Waals surface area contributed by atoms with Gasteiger partial charge in [0, 0.05) is 5.56 Å². The van der Waals surface area contributed by atoms with Gasteiger partial charge in [-0.05, 0) is 43.3 Å². The van der Waals surface area contributed by atoms with Crippen LogP contribution in [0.3, 0.4) is 0 Å². The molecule has 5 heteroatoms. The lowest BCUT2D eigenvalue weighted by Crippen LogP contribution is -2.38. The second-order valence-electron chi connectivity index (χ2n) is 4.44. The molecule has 19 heavy (non-hydrogen) atoms. The molecule has 1 heterocycles. The van der Waals surface area contributed by atoms with Crippen molar-refractivity contribution in [2.75, 3.05) is 6.54 Å². The summed E-state index contributed by atoms with van der Waals surface area (Å²) < 4.78 is 17.8. The number of benzene rings is 1. The first-order valence-electron chi connectivity index (χ1n) is 5.79. The molecule has 0 bridgehead atoms. The third-order valence-corrected chi connectivity index (χ3v) is 2.75. The van der Waals surface area contributed by atoms with Crippen LogP contribution in [-0.2, 0) is 5.60 Å². The fourth-order valence-corrected chi connectivity index (χ4v) is 1.63. The molecular weight excluding hydrogens is 249 g/mol. The van der Waals surface area contributed by atoms with Crippen LogP contribution in [0.25, 0.3) is 0 Å². The Morgan fingerprint density at radius 3 is 2.63 bits per heavy atom. The van der Waals surface area contributed by atoms with Crippen molar-refractivity contribution in [1.82, 2.24) is 5.32 Å². The zero-order valence-corrected chi connectivity index (χ0v) is 10.4. The first kappa shape index (κ1) is 13.3. The van der Waals surface area contributed by atoms with Crippen molar-refractivity contribution in [3.8, 4) is 0 Å². The van der Waals surface area contributed by atoms with Gasteiger partial charge in [-0.15, -0.1) is 0 Å². The second-order valence-corrected chi connectivity index (χ2v) is 4.44. The zero-order chi connectivity index (χ0) is 13.9. The summed E-state index contributed by atoms with van der Waals surface area (Å²) in [6, 6.07) is 8.47. The summed E-state index contributed by atoms with van der Waals surface area (Å²) in [4.78, 5) is 11.8. The van der Waals surface area contributed by atoms with Crippen LogP contribution in [0.15, 0.2) is 47.1 Å². The summed E-state index contributed by atoms with van der Waals surface area (Å²) in [6.07, 6.45) is 1.45. The first-order valence-corrected chi connectivity index (χ1v) is 5.79. The van der Waals surface area contributed by atoms with Gasteiger partial charge >= 0.3 is 0 Å². The molecule has 1 aromatic heterocycles. The Bertz CT molecular complexity index is 547. The average Bonchev–Trinajstić information content (AvgIpc) is 2.91. The van der Waals surface area contributed by atoms with Crippen molar-refractivity contribution in [2.45, 2.75) is 12.5 Å². The monoisotopic (exact) mass is 263 g/mol. The highest BCUT2D eigenvalue weighted by Crippen LogP contribution is 2.19.